The van der Waals surface area contributed by atoms with Gasteiger partial charge in [0, 0.05) is 30.3 Å². The van der Waals surface area contributed by atoms with E-state index < -0.39 is 11.7 Å². The second-order valence-electron chi connectivity index (χ2n) is 6.60. The first-order valence-electron chi connectivity index (χ1n) is 8.81. The molecule has 0 unspecified atom stereocenters. The molecule has 2 aromatic rings. The van der Waals surface area contributed by atoms with Crippen LogP contribution in [0.5, 0.6) is 0 Å². The van der Waals surface area contributed by atoms with Gasteiger partial charge in [-0.25, -0.2) is 0 Å². The summed E-state index contributed by atoms with van der Waals surface area (Å²) >= 11 is 0. The van der Waals surface area contributed by atoms with Crippen LogP contribution in [0, 0.1) is 6.92 Å². The van der Waals surface area contributed by atoms with Crippen LogP contribution in [0.2, 0.25) is 0 Å². The maximum Gasteiger partial charge on any atom is 0.294 e. The van der Waals surface area contributed by atoms with Gasteiger partial charge in [0.15, 0.2) is 0 Å². The van der Waals surface area contributed by atoms with Gasteiger partial charge in [0.2, 0.25) is 5.78 Å². The van der Waals surface area contributed by atoms with Crippen molar-refractivity contribution in [2.45, 2.75) is 25.8 Å². The molecule has 1 aliphatic rings. The van der Waals surface area contributed by atoms with E-state index in [4.69, 9.17) is 0 Å². The Labute approximate surface area is 153 Å². The fourth-order valence-electron chi connectivity index (χ4n) is 3.06. The van der Waals surface area contributed by atoms with Gasteiger partial charge < -0.3 is 10.2 Å². The minimum atomic E-state index is -0.475. The Balaban J connectivity index is 1.53. The maximum atomic E-state index is 12.4. The molecular formula is C21H22N2O3. The van der Waals surface area contributed by atoms with Crippen LogP contribution in [-0.4, -0.2) is 41.6 Å². The molecule has 0 radical (unpaired) electrons. The van der Waals surface area contributed by atoms with Gasteiger partial charge >= 0.3 is 0 Å². The largest absolute Gasteiger partial charge is 0.349 e. The summed E-state index contributed by atoms with van der Waals surface area (Å²) in [4.78, 5) is 38.5. The molecule has 0 saturated carbocycles. The molecule has 0 spiro atoms. The smallest absolute Gasteiger partial charge is 0.294 e. The lowest BCUT2D eigenvalue weighted by Gasteiger charge is -2.32. The molecule has 0 aliphatic carbocycles. The van der Waals surface area contributed by atoms with Crippen LogP contribution in [-0.2, 0) is 4.79 Å². The summed E-state index contributed by atoms with van der Waals surface area (Å²) in [5.41, 5.74) is 2.09. The van der Waals surface area contributed by atoms with E-state index in [0.717, 1.165) is 5.56 Å². The van der Waals surface area contributed by atoms with Crippen LogP contribution in [0.4, 0.5) is 0 Å². The summed E-state index contributed by atoms with van der Waals surface area (Å²) in [6.45, 7) is 2.87. The molecule has 3 rings (SSSR count). The van der Waals surface area contributed by atoms with E-state index in [1.54, 1.807) is 29.2 Å². The third kappa shape index (κ3) is 4.17. The molecule has 1 saturated heterocycles. The van der Waals surface area contributed by atoms with Crippen molar-refractivity contribution < 1.29 is 14.4 Å². The maximum absolute atomic E-state index is 12.4. The zero-order valence-electron chi connectivity index (χ0n) is 14.8. The molecule has 0 atom stereocenters. The standard InChI is InChI=1S/C21H22N2O3/c1-15-7-9-16(10-8-15)19(24)21(26)23-13-11-18(12-14-23)22-20(25)17-5-3-2-4-6-17/h2-10,18H,11-14H2,1H3,(H,22,25). The van der Waals surface area contributed by atoms with Crippen LogP contribution >= 0.6 is 0 Å². The monoisotopic (exact) mass is 350 g/mol. The number of carbonyl (C=O) groups is 3. The predicted molar refractivity (Wildman–Crippen MR) is 99.0 cm³/mol. The average molecular weight is 350 g/mol. The van der Waals surface area contributed by atoms with E-state index in [-0.39, 0.29) is 11.9 Å². The zero-order chi connectivity index (χ0) is 18.5. The van der Waals surface area contributed by atoms with Crippen molar-refractivity contribution in [1.29, 1.82) is 0 Å². The molecule has 1 heterocycles. The number of nitrogens with one attached hydrogen (secondary N) is 1. The highest BCUT2D eigenvalue weighted by Gasteiger charge is 2.28. The number of carbonyl (C=O) groups excluding carboxylic acids is 3. The van der Waals surface area contributed by atoms with Crippen LogP contribution in [0.25, 0.3) is 0 Å². The van der Waals surface area contributed by atoms with Crippen molar-refractivity contribution in [3.63, 3.8) is 0 Å². The average Bonchev–Trinajstić information content (AvgIpc) is 2.69. The highest BCUT2D eigenvalue weighted by atomic mass is 16.2. The zero-order valence-corrected chi connectivity index (χ0v) is 14.8. The number of hydrogen-bond donors (Lipinski definition) is 1. The number of likely N-dealkylation sites (tertiary alicyclic amines) is 1. The summed E-state index contributed by atoms with van der Waals surface area (Å²) in [5, 5.41) is 3.00. The highest BCUT2D eigenvalue weighted by Crippen LogP contribution is 2.14. The first-order chi connectivity index (χ1) is 12.5. The molecule has 0 aromatic heterocycles. The number of piperidine rings is 1. The number of ketones is 1. The lowest BCUT2D eigenvalue weighted by Crippen LogP contribution is -2.48. The number of hydrogen-bond acceptors (Lipinski definition) is 3. The molecule has 2 amide bonds. The second-order valence-corrected chi connectivity index (χ2v) is 6.60. The molecule has 1 aliphatic heterocycles. The second kappa shape index (κ2) is 7.95. The van der Waals surface area contributed by atoms with Crippen LogP contribution in [0.15, 0.2) is 54.6 Å². The third-order valence-corrected chi connectivity index (χ3v) is 4.66. The number of benzene rings is 2. The van der Waals surface area contributed by atoms with E-state index in [0.29, 0.717) is 37.1 Å². The Morgan fingerprint density at radius 3 is 2.12 bits per heavy atom. The van der Waals surface area contributed by atoms with Crippen molar-refractivity contribution in [1.82, 2.24) is 10.2 Å². The Morgan fingerprint density at radius 2 is 1.50 bits per heavy atom. The Morgan fingerprint density at radius 1 is 0.885 bits per heavy atom. The first-order valence-corrected chi connectivity index (χ1v) is 8.81. The topological polar surface area (TPSA) is 66.5 Å². The minimum Gasteiger partial charge on any atom is -0.349 e. The van der Waals surface area contributed by atoms with E-state index in [2.05, 4.69) is 5.32 Å². The van der Waals surface area contributed by atoms with Gasteiger partial charge in [-0.1, -0.05) is 48.0 Å². The van der Waals surface area contributed by atoms with Crippen LogP contribution in [0.1, 0.15) is 39.1 Å². The Kier molecular flexibility index (Phi) is 5.46. The fourth-order valence-corrected chi connectivity index (χ4v) is 3.06. The van der Waals surface area contributed by atoms with Crippen molar-refractivity contribution >= 4 is 17.6 Å². The summed E-state index contributed by atoms with van der Waals surface area (Å²) in [6.07, 6.45) is 1.29. The molecular weight excluding hydrogens is 328 g/mol. The highest BCUT2D eigenvalue weighted by molar-refractivity contribution is 6.42. The van der Waals surface area contributed by atoms with Gasteiger partial charge in [0.25, 0.3) is 11.8 Å². The van der Waals surface area contributed by atoms with E-state index >= 15 is 0 Å². The lowest BCUT2D eigenvalue weighted by molar-refractivity contribution is -0.127. The normalized spacial score (nSPS) is 14.7. The first kappa shape index (κ1) is 17.9. The van der Waals surface area contributed by atoms with Crippen molar-refractivity contribution in [2.24, 2.45) is 0 Å². The molecule has 0 bridgehead atoms. The van der Waals surface area contributed by atoms with Crippen molar-refractivity contribution in [3.8, 4) is 0 Å². The molecule has 5 nitrogen and oxygen atoms in total. The molecule has 1 N–H and O–H groups in total. The molecule has 2 aromatic carbocycles. The molecule has 5 heteroatoms. The summed E-state index contributed by atoms with van der Waals surface area (Å²) in [6, 6.07) is 16.1. The SMILES string of the molecule is Cc1ccc(C(=O)C(=O)N2CCC(NC(=O)c3ccccc3)CC2)cc1. The summed E-state index contributed by atoms with van der Waals surface area (Å²) in [5.74, 6) is -1.05. The lowest BCUT2D eigenvalue weighted by atomic mass is 10.0. The predicted octanol–water partition coefficient (Wildman–Crippen LogP) is 2.60. The quantitative estimate of drug-likeness (QED) is 0.681. The van der Waals surface area contributed by atoms with E-state index in [1.807, 2.05) is 37.3 Å². The van der Waals surface area contributed by atoms with Gasteiger partial charge in [-0.2, -0.15) is 0 Å². The van der Waals surface area contributed by atoms with Crippen LogP contribution in [0.3, 0.4) is 0 Å². The number of aryl methyl sites for hydroxylation is 1. The van der Waals surface area contributed by atoms with Crippen LogP contribution < -0.4 is 5.32 Å². The Hall–Kier alpha value is -2.95. The van der Waals surface area contributed by atoms with Gasteiger partial charge in [0.05, 0.1) is 0 Å². The van der Waals surface area contributed by atoms with Gasteiger partial charge in [-0.15, -0.1) is 0 Å². The van der Waals surface area contributed by atoms with Crippen molar-refractivity contribution in [2.75, 3.05) is 13.1 Å². The van der Waals surface area contributed by atoms with E-state index in [9.17, 15) is 14.4 Å². The Bertz CT molecular complexity index is 792. The fraction of sp³-hybridized carbons (Fsp3) is 0.286. The molecule has 134 valence electrons. The number of rotatable bonds is 4. The number of nitrogens with zero attached hydrogens (tertiary/aromatic N) is 1. The van der Waals surface area contributed by atoms with E-state index in [1.165, 1.54) is 0 Å². The molecule has 26 heavy (non-hydrogen) atoms. The van der Waals surface area contributed by atoms with Gasteiger partial charge in [-0.05, 0) is 31.9 Å². The minimum absolute atomic E-state index is 0.0150. The summed E-state index contributed by atoms with van der Waals surface area (Å²) < 4.78 is 0. The van der Waals surface area contributed by atoms with Gasteiger partial charge in [-0.3, -0.25) is 14.4 Å². The van der Waals surface area contributed by atoms with Crippen molar-refractivity contribution in [3.05, 3.63) is 71.3 Å². The molecule has 1 fully saturated rings. The van der Waals surface area contributed by atoms with Gasteiger partial charge in [0.1, 0.15) is 0 Å². The number of Topliss-reactive ketones (excluding diaryl/α,β-unsaturated/α-hetero) is 1. The summed E-state index contributed by atoms with van der Waals surface area (Å²) in [7, 11) is 0. The number of amides is 2. The third-order valence-electron chi connectivity index (χ3n) is 4.66.